The summed E-state index contributed by atoms with van der Waals surface area (Å²) in [6.07, 6.45) is 1.01. The zero-order chi connectivity index (χ0) is 24.0. The van der Waals surface area contributed by atoms with Gasteiger partial charge in [-0.1, -0.05) is 55.8 Å². The van der Waals surface area contributed by atoms with Crippen LogP contribution in [0.1, 0.15) is 36.0 Å². The second-order valence-corrected chi connectivity index (χ2v) is 10.3. The van der Waals surface area contributed by atoms with Crippen molar-refractivity contribution in [2.75, 3.05) is 19.8 Å². The van der Waals surface area contributed by atoms with E-state index in [0.717, 1.165) is 0 Å². The summed E-state index contributed by atoms with van der Waals surface area (Å²) < 4.78 is 31.1. The second kappa shape index (κ2) is 10.7. The van der Waals surface area contributed by atoms with E-state index >= 15 is 0 Å². The first-order valence-electron chi connectivity index (χ1n) is 10.8. The maximum absolute atomic E-state index is 13.1. The number of carbonyl (C=O) groups is 2. The number of fused-ring (bicyclic) bond motifs is 1. The standard InChI is InChI=1S/C24H29N3O5S/c1-4-10-19(22(28)24-26-18-13-8-9-14-21(18)32-24)25-23(29)20(27(2)3)16-33(30,31)15-17-11-6-5-7-12-17/h5-9,11-14,19-20H,4,10,15-16H2,1-3H3,(H,25,29)/t19-,20?/m0/s1. The number of aromatic nitrogens is 1. The van der Waals surface area contributed by atoms with Crippen molar-refractivity contribution < 1.29 is 22.4 Å². The summed E-state index contributed by atoms with van der Waals surface area (Å²) >= 11 is 0. The van der Waals surface area contributed by atoms with Crippen LogP contribution in [0.15, 0.2) is 59.0 Å². The Hall–Kier alpha value is -3.04. The molecule has 9 heteroatoms. The molecule has 0 aliphatic carbocycles. The zero-order valence-corrected chi connectivity index (χ0v) is 19.8. The van der Waals surface area contributed by atoms with Gasteiger partial charge in [0.05, 0.1) is 17.5 Å². The first-order chi connectivity index (χ1) is 15.7. The Kier molecular flexibility index (Phi) is 7.99. The van der Waals surface area contributed by atoms with E-state index in [2.05, 4.69) is 10.3 Å². The molecule has 3 aromatic rings. The third-order valence-corrected chi connectivity index (χ3v) is 6.88. The zero-order valence-electron chi connectivity index (χ0n) is 19.0. The molecule has 0 saturated heterocycles. The van der Waals surface area contributed by atoms with Crippen LogP contribution in [0, 0.1) is 0 Å². The molecule has 0 aliphatic heterocycles. The van der Waals surface area contributed by atoms with Gasteiger partial charge in [-0.3, -0.25) is 14.5 Å². The van der Waals surface area contributed by atoms with Gasteiger partial charge < -0.3 is 9.73 Å². The Bertz CT molecular complexity index is 1170. The highest BCUT2D eigenvalue weighted by molar-refractivity contribution is 7.90. The molecule has 33 heavy (non-hydrogen) atoms. The molecule has 0 bridgehead atoms. The van der Waals surface area contributed by atoms with Gasteiger partial charge in [0.2, 0.25) is 11.7 Å². The number of Topliss-reactive ketones (excluding diaryl/α,β-unsaturated/α-hetero) is 1. The summed E-state index contributed by atoms with van der Waals surface area (Å²) in [5, 5.41) is 2.73. The molecule has 1 heterocycles. The number of hydrogen-bond acceptors (Lipinski definition) is 7. The highest BCUT2D eigenvalue weighted by Gasteiger charge is 2.32. The number of sulfone groups is 1. The molecular weight excluding hydrogens is 442 g/mol. The molecular formula is C24H29N3O5S. The lowest BCUT2D eigenvalue weighted by molar-refractivity contribution is -0.125. The molecule has 1 N–H and O–H groups in total. The van der Waals surface area contributed by atoms with Gasteiger partial charge >= 0.3 is 0 Å². The number of benzene rings is 2. The molecule has 0 radical (unpaired) electrons. The molecule has 0 fully saturated rings. The average molecular weight is 472 g/mol. The quantitative estimate of drug-likeness (QED) is 0.428. The molecule has 1 aromatic heterocycles. The van der Waals surface area contributed by atoms with Gasteiger partial charge in [-0.25, -0.2) is 13.4 Å². The minimum absolute atomic E-state index is 0.0759. The Labute approximate surface area is 193 Å². The van der Waals surface area contributed by atoms with E-state index in [1.165, 1.54) is 0 Å². The minimum Gasteiger partial charge on any atom is -0.434 e. The topological polar surface area (TPSA) is 110 Å². The fourth-order valence-corrected chi connectivity index (χ4v) is 5.29. The fraction of sp³-hybridized carbons (Fsp3) is 0.375. The van der Waals surface area contributed by atoms with Gasteiger partial charge in [-0.05, 0) is 38.2 Å². The van der Waals surface area contributed by atoms with Crippen molar-refractivity contribution >= 4 is 32.6 Å². The molecule has 8 nitrogen and oxygen atoms in total. The summed E-state index contributed by atoms with van der Waals surface area (Å²) in [5.74, 6) is -1.57. The predicted molar refractivity (Wildman–Crippen MR) is 127 cm³/mol. The number of hydrogen-bond donors (Lipinski definition) is 1. The Morgan fingerprint density at radius 1 is 1.06 bits per heavy atom. The monoisotopic (exact) mass is 471 g/mol. The van der Waals surface area contributed by atoms with Crippen LogP contribution in [0.4, 0.5) is 0 Å². The molecule has 1 amide bonds. The van der Waals surface area contributed by atoms with Crippen LogP contribution in [-0.2, 0) is 20.4 Å². The summed E-state index contributed by atoms with van der Waals surface area (Å²) in [4.78, 5) is 31.9. The second-order valence-electron chi connectivity index (χ2n) is 8.22. The van der Waals surface area contributed by atoms with E-state index in [9.17, 15) is 18.0 Å². The summed E-state index contributed by atoms with van der Waals surface area (Å²) in [6, 6.07) is 14.0. The average Bonchev–Trinajstić information content (AvgIpc) is 3.21. The first kappa shape index (κ1) is 24.6. The van der Waals surface area contributed by atoms with E-state index < -0.39 is 33.6 Å². The summed E-state index contributed by atoms with van der Waals surface area (Å²) in [5.41, 5.74) is 1.70. The van der Waals surface area contributed by atoms with E-state index in [4.69, 9.17) is 4.42 Å². The van der Waals surface area contributed by atoms with Gasteiger partial charge in [0.25, 0.3) is 5.89 Å². The van der Waals surface area contributed by atoms with Crippen LogP contribution < -0.4 is 5.32 Å². The van der Waals surface area contributed by atoms with Crippen LogP contribution in [0.25, 0.3) is 11.1 Å². The highest BCUT2D eigenvalue weighted by atomic mass is 32.2. The SMILES string of the molecule is CCC[C@H](NC(=O)C(CS(=O)(=O)Cc1ccccc1)N(C)C)C(=O)c1nc2ccccc2o1. The lowest BCUT2D eigenvalue weighted by Crippen LogP contribution is -2.52. The van der Waals surface area contributed by atoms with Crippen molar-refractivity contribution in [2.45, 2.75) is 37.6 Å². The maximum atomic E-state index is 13.1. The van der Waals surface area contributed by atoms with Crippen LogP contribution in [0.2, 0.25) is 0 Å². The molecule has 1 unspecified atom stereocenters. The number of oxazole rings is 1. The number of amides is 1. The number of ketones is 1. The predicted octanol–water partition coefficient (Wildman–Crippen LogP) is 2.84. The number of nitrogens with zero attached hydrogens (tertiary/aromatic N) is 2. The lowest BCUT2D eigenvalue weighted by Gasteiger charge is -2.25. The van der Waals surface area contributed by atoms with Gasteiger partial charge in [0.15, 0.2) is 15.4 Å². The summed E-state index contributed by atoms with van der Waals surface area (Å²) in [6.45, 7) is 1.90. The number of rotatable bonds is 11. The summed E-state index contributed by atoms with van der Waals surface area (Å²) in [7, 11) is -0.303. The molecule has 176 valence electrons. The largest absolute Gasteiger partial charge is 0.434 e. The third-order valence-electron chi connectivity index (χ3n) is 5.28. The van der Waals surface area contributed by atoms with Crippen LogP contribution >= 0.6 is 0 Å². The molecule has 0 saturated carbocycles. The van der Waals surface area contributed by atoms with Crippen molar-refractivity contribution in [3.05, 3.63) is 66.1 Å². The Morgan fingerprint density at radius 2 is 1.73 bits per heavy atom. The number of nitrogens with one attached hydrogen (secondary N) is 1. The van der Waals surface area contributed by atoms with Crippen LogP contribution in [0.5, 0.6) is 0 Å². The van der Waals surface area contributed by atoms with Crippen molar-refractivity contribution in [3.63, 3.8) is 0 Å². The maximum Gasteiger partial charge on any atom is 0.266 e. The molecule has 3 rings (SSSR count). The Balaban J connectivity index is 1.75. The van der Waals surface area contributed by atoms with Crippen molar-refractivity contribution in [2.24, 2.45) is 0 Å². The smallest absolute Gasteiger partial charge is 0.266 e. The van der Waals surface area contributed by atoms with Gasteiger partial charge in [-0.2, -0.15) is 0 Å². The van der Waals surface area contributed by atoms with Gasteiger partial charge in [0.1, 0.15) is 11.6 Å². The molecule has 0 aliphatic rings. The number of likely N-dealkylation sites (N-methyl/N-ethyl adjacent to an activating group) is 1. The normalized spacial score (nSPS) is 13.7. The molecule has 0 spiro atoms. The van der Waals surface area contributed by atoms with Crippen molar-refractivity contribution in [1.82, 2.24) is 15.2 Å². The van der Waals surface area contributed by atoms with Crippen molar-refractivity contribution in [3.8, 4) is 0 Å². The van der Waals surface area contributed by atoms with Crippen LogP contribution in [0.3, 0.4) is 0 Å². The van der Waals surface area contributed by atoms with E-state index in [1.54, 1.807) is 67.5 Å². The van der Waals surface area contributed by atoms with Gasteiger partial charge in [0, 0.05) is 0 Å². The third kappa shape index (κ3) is 6.49. The van der Waals surface area contributed by atoms with Crippen LogP contribution in [-0.4, -0.2) is 61.9 Å². The highest BCUT2D eigenvalue weighted by Crippen LogP contribution is 2.17. The molecule has 2 atom stereocenters. The van der Waals surface area contributed by atoms with Crippen molar-refractivity contribution in [1.29, 1.82) is 0 Å². The van der Waals surface area contributed by atoms with E-state index in [1.807, 2.05) is 13.0 Å². The first-order valence-corrected chi connectivity index (χ1v) is 12.6. The minimum atomic E-state index is -3.58. The van der Waals surface area contributed by atoms with Gasteiger partial charge in [-0.15, -0.1) is 0 Å². The fourth-order valence-electron chi connectivity index (χ4n) is 3.54. The number of para-hydroxylation sites is 2. The Morgan fingerprint density at radius 3 is 2.36 bits per heavy atom. The number of carbonyl (C=O) groups excluding carboxylic acids is 2. The van der Waals surface area contributed by atoms with E-state index in [-0.39, 0.29) is 17.4 Å². The van der Waals surface area contributed by atoms with E-state index in [0.29, 0.717) is 29.5 Å². The molecule has 2 aromatic carbocycles. The lowest BCUT2D eigenvalue weighted by atomic mass is 10.1.